The second-order valence-corrected chi connectivity index (χ2v) is 2.91. The summed E-state index contributed by atoms with van der Waals surface area (Å²) >= 11 is 0. The van der Waals surface area contributed by atoms with Gasteiger partial charge in [-0.2, -0.15) is 0 Å². The summed E-state index contributed by atoms with van der Waals surface area (Å²) in [7, 11) is 0. The molecule has 0 atom stereocenters. The molecule has 1 rings (SSSR count). The van der Waals surface area contributed by atoms with Crippen LogP contribution in [0.4, 0.5) is 0 Å². The van der Waals surface area contributed by atoms with Gasteiger partial charge in [-0.25, -0.2) is 0 Å². The van der Waals surface area contributed by atoms with Crippen molar-refractivity contribution in [2.24, 2.45) is 5.16 Å². The topological polar surface area (TPSA) is 41.8 Å². The molecule has 1 aromatic carbocycles. The third-order valence-electron chi connectivity index (χ3n) is 1.71. The quantitative estimate of drug-likeness (QED) is 0.426. The van der Waals surface area contributed by atoms with Gasteiger partial charge < -0.3 is 9.94 Å². The first-order valence-electron chi connectivity index (χ1n) is 4.72. The van der Waals surface area contributed by atoms with Crippen LogP contribution < -0.4 is 0 Å². The number of hydrogen-bond donors (Lipinski definition) is 1. The summed E-state index contributed by atoms with van der Waals surface area (Å²) in [4.78, 5) is 5.05. The number of aliphatic hydroxyl groups excluding tert-OH is 1. The number of hydrogen-bond acceptors (Lipinski definition) is 3. The Hall–Kier alpha value is -1.35. The fraction of sp³-hybridized carbons (Fsp3) is 0.364. The fourth-order valence-electron chi connectivity index (χ4n) is 0.974. The van der Waals surface area contributed by atoms with Crippen LogP contribution in [0.5, 0.6) is 0 Å². The third-order valence-corrected chi connectivity index (χ3v) is 1.71. The summed E-state index contributed by atoms with van der Waals surface area (Å²) in [6, 6.07) is 9.88. The largest absolute Gasteiger partial charge is 0.396 e. The number of oxime groups is 1. The molecule has 14 heavy (non-hydrogen) atoms. The van der Waals surface area contributed by atoms with E-state index in [0.29, 0.717) is 6.61 Å². The lowest BCUT2D eigenvalue weighted by molar-refractivity contribution is 0.131. The third kappa shape index (κ3) is 4.62. The Labute approximate surface area is 84.0 Å². The van der Waals surface area contributed by atoms with E-state index >= 15 is 0 Å². The van der Waals surface area contributed by atoms with Crippen LogP contribution in [0.1, 0.15) is 18.4 Å². The first-order valence-corrected chi connectivity index (χ1v) is 4.72. The molecule has 1 N–H and O–H groups in total. The highest BCUT2D eigenvalue weighted by atomic mass is 16.6. The monoisotopic (exact) mass is 193 g/mol. The molecule has 0 spiro atoms. The van der Waals surface area contributed by atoms with E-state index in [1.807, 2.05) is 30.3 Å². The summed E-state index contributed by atoms with van der Waals surface area (Å²) in [5.41, 5.74) is 1.10. The van der Waals surface area contributed by atoms with Crippen LogP contribution in [-0.2, 0) is 11.4 Å². The van der Waals surface area contributed by atoms with Crippen molar-refractivity contribution in [3.8, 4) is 0 Å². The number of aliphatic hydroxyl groups is 1. The van der Waals surface area contributed by atoms with E-state index in [-0.39, 0.29) is 6.61 Å². The highest BCUT2D eigenvalue weighted by Crippen LogP contribution is 2.00. The van der Waals surface area contributed by atoms with Crippen LogP contribution in [0, 0.1) is 0 Å². The molecule has 0 heterocycles. The highest BCUT2D eigenvalue weighted by molar-refractivity contribution is 5.56. The second-order valence-electron chi connectivity index (χ2n) is 2.91. The zero-order valence-corrected chi connectivity index (χ0v) is 8.10. The molecule has 0 aliphatic carbocycles. The van der Waals surface area contributed by atoms with Crippen molar-refractivity contribution in [1.82, 2.24) is 0 Å². The van der Waals surface area contributed by atoms with Crippen molar-refractivity contribution < 1.29 is 9.94 Å². The van der Waals surface area contributed by atoms with Gasteiger partial charge in [-0.05, 0) is 18.4 Å². The standard InChI is InChI=1S/C11H15NO2/c13-9-5-4-8-12-14-10-11-6-2-1-3-7-11/h1-3,6-8,13H,4-5,9-10H2/b12-8+. The Bertz CT molecular complexity index is 259. The fourth-order valence-corrected chi connectivity index (χ4v) is 0.974. The summed E-state index contributed by atoms with van der Waals surface area (Å²) in [6.07, 6.45) is 3.17. The number of benzene rings is 1. The van der Waals surface area contributed by atoms with E-state index in [4.69, 9.17) is 9.94 Å². The van der Waals surface area contributed by atoms with Gasteiger partial charge in [-0.1, -0.05) is 35.5 Å². The van der Waals surface area contributed by atoms with Crippen molar-refractivity contribution in [3.63, 3.8) is 0 Å². The van der Waals surface area contributed by atoms with Crippen molar-refractivity contribution in [3.05, 3.63) is 35.9 Å². The molecule has 0 saturated heterocycles. The SMILES string of the molecule is OCCC/C=N/OCc1ccccc1. The maximum Gasteiger partial charge on any atom is 0.142 e. The summed E-state index contributed by atoms with van der Waals surface area (Å²) in [5, 5.41) is 12.3. The molecule has 76 valence electrons. The Morgan fingerprint density at radius 1 is 1.29 bits per heavy atom. The Morgan fingerprint density at radius 3 is 2.79 bits per heavy atom. The van der Waals surface area contributed by atoms with Crippen LogP contribution in [0.15, 0.2) is 35.5 Å². The zero-order valence-electron chi connectivity index (χ0n) is 8.10. The van der Waals surface area contributed by atoms with E-state index in [1.54, 1.807) is 6.21 Å². The molecule has 0 aromatic heterocycles. The maximum atomic E-state index is 8.50. The second kappa shape index (κ2) is 7.09. The summed E-state index contributed by atoms with van der Waals surface area (Å²) in [6.45, 7) is 0.696. The molecule has 0 aliphatic heterocycles. The molecular formula is C11H15NO2. The summed E-state index contributed by atoms with van der Waals surface area (Å²) in [5.74, 6) is 0. The van der Waals surface area contributed by atoms with Gasteiger partial charge in [0.15, 0.2) is 0 Å². The van der Waals surface area contributed by atoms with Crippen LogP contribution in [0.2, 0.25) is 0 Å². The van der Waals surface area contributed by atoms with Gasteiger partial charge in [0.1, 0.15) is 6.61 Å². The molecule has 1 aromatic rings. The number of nitrogens with zero attached hydrogens (tertiary/aromatic N) is 1. The Balaban J connectivity index is 2.12. The molecule has 0 unspecified atom stereocenters. The van der Waals surface area contributed by atoms with Crippen LogP contribution in [0.25, 0.3) is 0 Å². The lowest BCUT2D eigenvalue weighted by Crippen LogP contribution is -1.87. The molecule has 0 amide bonds. The summed E-state index contributed by atoms with van der Waals surface area (Å²) < 4.78 is 0. The van der Waals surface area contributed by atoms with Crippen molar-refractivity contribution >= 4 is 6.21 Å². The average molecular weight is 193 g/mol. The smallest absolute Gasteiger partial charge is 0.142 e. The van der Waals surface area contributed by atoms with Gasteiger partial charge in [0.25, 0.3) is 0 Å². The maximum absolute atomic E-state index is 8.50. The van der Waals surface area contributed by atoms with Gasteiger partial charge in [0.2, 0.25) is 0 Å². The lowest BCUT2D eigenvalue weighted by Gasteiger charge is -1.98. The highest BCUT2D eigenvalue weighted by Gasteiger charge is 1.88. The first-order chi connectivity index (χ1) is 6.93. The minimum Gasteiger partial charge on any atom is -0.396 e. The van der Waals surface area contributed by atoms with Gasteiger partial charge in [0, 0.05) is 12.8 Å². The van der Waals surface area contributed by atoms with Crippen LogP contribution in [0.3, 0.4) is 0 Å². The molecule has 3 nitrogen and oxygen atoms in total. The van der Waals surface area contributed by atoms with Crippen molar-refractivity contribution in [2.75, 3.05) is 6.61 Å². The van der Waals surface area contributed by atoms with Gasteiger partial charge >= 0.3 is 0 Å². The van der Waals surface area contributed by atoms with Gasteiger partial charge in [-0.15, -0.1) is 0 Å². The van der Waals surface area contributed by atoms with Crippen molar-refractivity contribution in [2.45, 2.75) is 19.4 Å². The lowest BCUT2D eigenvalue weighted by atomic mass is 10.2. The minimum absolute atomic E-state index is 0.199. The Morgan fingerprint density at radius 2 is 2.07 bits per heavy atom. The molecule has 0 fully saturated rings. The van der Waals surface area contributed by atoms with E-state index in [1.165, 1.54) is 0 Å². The van der Waals surface area contributed by atoms with Crippen molar-refractivity contribution in [1.29, 1.82) is 0 Å². The molecule has 0 saturated carbocycles. The molecule has 0 aliphatic rings. The van der Waals surface area contributed by atoms with E-state index < -0.39 is 0 Å². The predicted molar refractivity (Wildman–Crippen MR) is 56.0 cm³/mol. The average Bonchev–Trinajstić information content (AvgIpc) is 2.25. The molecule has 3 heteroatoms. The zero-order chi connectivity index (χ0) is 10.1. The Kier molecular flexibility index (Phi) is 5.43. The predicted octanol–water partition coefficient (Wildman–Crippen LogP) is 1.96. The molecular weight excluding hydrogens is 178 g/mol. The van der Waals surface area contributed by atoms with Crippen LogP contribution in [-0.4, -0.2) is 17.9 Å². The van der Waals surface area contributed by atoms with E-state index in [9.17, 15) is 0 Å². The number of rotatable bonds is 6. The van der Waals surface area contributed by atoms with Gasteiger partial charge in [-0.3, -0.25) is 0 Å². The van der Waals surface area contributed by atoms with E-state index in [2.05, 4.69) is 5.16 Å². The van der Waals surface area contributed by atoms with Gasteiger partial charge in [0.05, 0.1) is 0 Å². The van der Waals surface area contributed by atoms with Crippen LogP contribution >= 0.6 is 0 Å². The first kappa shape index (κ1) is 10.7. The number of unbranched alkanes of at least 4 members (excludes halogenated alkanes) is 1. The molecule has 0 bridgehead atoms. The van der Waals surface area contributed by atoms with E-state index in [0.717, 1.165) is 18.4 Å². The molecule has 0 radical (unpaired) electrons. The normalized spacial score (nSPS) is 10.6. The minimum atomic E-state index is 0.199.